The highest BCUT2D eigenvalue weighted by Gasteiger charge is 2.21. The van der Waals surface area contributed by atoms with Crippen molar-refractivity contribution in [3.8, 4) is 0 Å². The normalized spacial score (nSPS) is 15.2. The first-order chi connectivity index (χ1) is 12.3. The van der Waals surface area contributed by atoms with Gasteiger partial charge in [0.1, 0.15) is 5.82 Å². The SMILES string of the molecule is O=C(c1ccncc1)N1CCCN(c2cnc3ccccc3n2)CC1. The Morgan fingerprint density at radius 3 is 2.56 bits per heavy atom. The van der Waals surface area contributed by atoms with Crippen LogP contribution in [0.3, 0.4) is 0 Å². The van der Waals surface area contributed by atoms with Crippen LogP contribution in [0.15, 0.2) is 55.0 Å². The van der Waals surface area contributed by atoms with Crippen LogP contribution in [0.5, 0.6) is 0 Å². The number of amides is 1. The Morgan fingerprint density at radius 2 is 1.72 bits per heavy atom. The van der Waals surface area contributed by atoms with Crippen LogP contribution in [-0.4, -0.2) is 51.9 Å². The van der Waals surface area contributed by atoms with E-state index in [4.69, 9.17) is 4.98 Å². The van der Waals surface area contributed by atoms with Crippen LogP contribution < -0.4 is 4.90 Å². The minimum absolute atomic E-state index is 0.0637. The molecule has 0 radical (unpaired) electrons. The average Bonchev–Trinajstić information content (AvgIpc) is 2.94. The van der Waals surface area contributed by atoms with Gasteiger partial charge in [-0.2, -0.15) is 0 Å². The van der Waals surface area contributed by atoms with Crippen molar-refractivity contribution in [1.29, 1.82) is 0 Å². The van der Waals surface area contributed by atoms with E-state index >= 15 is 0 Å². The molecule has 3 aromatic rings. The van der Waals surface area contributed by atoms with E-state index in [1.807, 2.05) is 35.4 Å². The monoisotopic (exact) mass is 333 g/mol. The molecule has 1 aliphatic rings. The summed E-state index contributed by atoms with van der Waals surface area (Å²) in [5.74, 6) is 0.936. The van der Waals surface area contributed by atoms with Crippen molar-refractivity contribution in [3.05, 3.63) is 60.6 Å². The summed E-state index contributed by atoms with van der Waals surface area (Å²) in [5.41, 5.74) is 2.48. The van der Waals surface area contributed by atoms with Gasteiger partial charge < -0.3 is 9.80 Å². The standard InChI is InChI=1S/C19H19N5O/c25-19(15-6-8-20-9-7-15)24-11-3-10-23(12-13-24)18-14-21-16-4-1-2-5-17(16)22-18/h1-2,4-9,14H,3,10-13H2. The second-order valence-electron chi connectivity index (χ2n) is 6.09. The lowest BCUT2D eigenvalue weighted by atomic mass is 10.2. The number of benzene rings is 1. The quantitative estimate of drug-likeness (QED) is 0.720. The van der Waals surface area contributed by atoms with Crippen molar-refractivity contribution in [1.82, 2.24) is 19.9 Å². The van der Waals surface area contributed by atoms with Gasteiger partial charge in [0.05, 0.1) is 17.2 Å². The topological polar surface area (TPSA) is 62.2 Å². The number of hydrogen-bond donors (Lipinski definition) is 0. The van der Waals surface area contributed by atoms with Gasteiger partial charge in [0, 0.05) is 44.1 Å². The molecule has 0 N–H and O–H groups in total. The van der Waals surface area contributed by atoms with Crippen LogP contribution in [-0.2, 0) is 0 Å². The molecule has 1 amide bonds. The number of carbonyl (C=O) groups is 1. The third kappa shape index (κ3) is 3.28. The molecule has 4 rings (SSSR count). The number of hydrogen-bond acceptors (Lipinski definition) is 5. The molecule has 0 aliphatic carbocycles. The number of rotatable bonds is 2. The van der Waals surface area contributed by atoms with Crippen molar-refractivity contribution in [3.63, 3.8) is 0 Å². The second-order valence-corrected chi connectivity index (χ2v) is 6.09. The predicted octanol–water partition coefficient (Wildman–Crippen LogP) is 2.38. The first-order valence-electron chi connectivity index (χ1n) is 8.47. The van der Waals surface area contributed by atoms with Crippen molar-refractivity contribution < 1.29 is 4.79 Å². The number of pyridine rings is 1. The zero-order valence-corrected chi connectivity index (χ0v) is 13.9. The minimum atomic E-state index is 0.0637. The highest BCUT2D eigenvalue weighted by molar-refractivity contribution is 5.94. The minimum Gasteiger partial charge on any atom is -0.353 e. The van der Waals surface area contributed by atoms with Crippen LogP contribution in [0.25, 0.3) is 11.0 Å². The maximum atomic E-state index is 12.6. The van der Waals surface area contributed by atoms with E-state index in [0.29, 0.717) is 12.1 Å². The molecule has 2 aromatic heterocycles. The van der Waals surface area contributed by atoms with Gasteiger partial charge in [-0.05, 0) is 30.7 Å². The van der Waals surface area contributed by atoms with Gasteiger partial charge in [-0.3, -0.25) is 14.8 Å². The highest BCUT2D eigenvalue weighted by Crippen LogP contribution is 2.17. The van der Waals surface area contributed by atoms with Crippen molar-refractivity contribution in [2.75, 3.05) is 31.1 Å². The van der Waals surface area contributed by atoms with E-state index in [1.54, 1.807) is 24.5 Å². The molecule has 1 aliphatic heterocycles. The Bertz CT molecular complexity index is 883. The summed E-state index contributed by atoms with van der Waals surface area (Å²) in [5, 5.41) is 0. The van der Waals surface area contributed by atoms with Crippen molar-refractivity contribution in [2.24, 2.45) is 0 Å². The van der Waals surface area contributed by atoms with E-state index in [2.05, 4.69) is 14.9 Å². The predicted molar refractivity (Wildman–Crippen MR) is 96.5 cm³/mol. The first kappa shape index (κ1) is 15.5. The molecule has 0 spiro atoms. The smallest absolute Gasteiger partial charge is 0.254 e. The molecular formula is C19H19N5O. The maximum Gasteiger partial charge on any atom is 0.254 e. The van der Waals surface area contributed by atoms with Crippen molar-refractivity contribution in [2.45, 2.75) is 6.42 Å². The summed E-state index contributed by atoms with van der Waals surface area (Å²) in [7, 11) is 0. The largest absolute Gasteiger partial charge is 0.353 e. The summed E-state index contributed by atoms with van der Waals surface area (Å²) >= 11 is 0. The van der Waals surface area contributed by atoms with E-state index in [0.717, 1.165) is 42.9 Å². The maximum absolute atomic E-state index is 12.6. The average molecular weight is 333 g/mol. The molecule has 1 fully saturated rings. The van der Waals surface area contributed by atoms with Gasteiger partial charge in [0.15, 0.2) is 0 Å². The summed E-state index contributed by atoms with van der Waals surface area (Å²) < 4.78 is 0. The zero-order valence-electron chi connectivity index (χ0n) is 13.9. The van der Waals surface area contributed by atoms with Gasteiger partial charge in [-0.25, -0.2) is 4.98 Å². The lowest BCUT2D eigenvalue weighted by molar-refractivity contribution is 0.0767. The molecule has 126 valence electrons. The summed E-state index contributed by atoms with van der Waals surface area (Å²) in [4.78, 5) is 29.9. The number of nitrogens with zero attached hydrogens (tertiary/aromatic N) is 5. The van der Waals surface area contributed by atoms with Gasteiger partial charge >= 0.3 is 0 Å². The van der Waals surface area contributed by atoms with Crippen LogP contribution >= 0.6 is 0 Å². The molecule has 25 heavy (non-hydrogen) atoms. The number of para-hydroxylation sites is 2. The van der Waals surface area contributed by atoms with Gasteiger partial charge in [-0.1, -0.05) is 12.1 Å². The van der Waals surface area contributed by atoms with E-state index in [1.165, 1.54) is 0 Å². The molecule has 1 saturated heterocycles. The third-order valence-electron chi connectivity index (χ3n) is 4.47. The number of carbonyl (C=O) groups excluding carboxylic acids is 1. The van der Waals surface area contributed by atoms with Gasteiger partial charge in [-0.15, -0.1) is 0 Å². The Morgan fingerprint density at radius 1 is 0.920 bits per heavy atom. The molecular weight excluding hydrogens is 314 g/mol. The van der Waals surface area contributed by atoms with E-state index < -0.39 is 0 Å². The third-order valence-corrected chi connectivity index (χ3v) is 4.47. The number of anilines is 1. The molecule has 6 heteroatoms. The molecule has 1 aromatic carbocycles. The van der Waals surface area contributed by atoms with Crippen LogP contribution in [0, 0.1) is 0 Å². The molecule has 0 saturated carbocycles. The van der Waals surface area contributed by atoms with Crippen molar-refractivity contribution >= 4 is 22.8 Å². The highest BCUT2D eigenvalue weighted by atomic mass is 16.2. The van der Waals surface area contributed by atoms with Gasteiger partial charge in [0.25, 0.3) is 5.91 Å². The zero-order chi connectivity index (χ0) is 17.1. The molecule has 6 nitrogen and oxygen atoms in total. The van der Waals surface area contributed by atoms with Crippen LogP contribution in [0.1, 0.15) is 16.8 Å². The van der Waals surface area contributed by atoms with E-state index in [-0.39, 0.29) is 5.91 Å². The Hall–Kier alpha value is -3.02. The Kier molecular flexibility index (Phi) is 4.24. The number of fused-ring (bicyclic) bond motifs is 1. The lowest BCUT2D eigenvalue weighted by Gasteiger charge is -2.22. The van der Waals surface area contributed by atoms with Gasteiger partial charge in [0.2, 0.25) is 0 Å². The van der Waals surface area contributed by atoms with Crippen LogP contribution in [0.4, 0.5) is 5.82 Å². The van der Waals surface area contributed by atoms with Crippen LogP contribution in [0.2, 0.25) is 0 Å². The Labute approximate surface area is 146 Å². The fourth-order valence-electron chi connectivity index (χ4n) is 3.13. The lowest BCUT2D eigenvalue weighted by Crippen LogP contribution is -2.35. The summed E-state index contributed by atoms with van der Waals surface area (Å²) in [6.45, 7) is 3.05. The van der Waals surface area contributed by atoms with E-state index in [9.17, 15) is 4.79 Å². The molecule has 0 bridgehead atoms. The molecule has 3 heterocycles. The molecule has 0 atom stereocenters. The molecule has 0 unspecified atom stereocenters. The fraction of sp³-hybridized carbons (Fsp3) is 0.263. The first-order valence-corrected chi connectivity index (χ1v) is 8.47. The fourth-order valence-corrected chi connectivity index (χ4v) is 3.13. The Balaban J connectivity index is 1.49. The summed E-state index contributed by atoms with van der Waals surface area (Å²) in [6.07, 6.45) is 6.04. The second kappa shape index (κ2) is 6.84. The number of aromatic nitrogens is 3. The summed E-state index contributed by atoms with van der Waals surface area (Å²) in [6, 6.07) is 11.4.